The Morgan fingerprint density at radius 2 is 1.44 bits per heavy atom. The zero-order chi connectivity index (χ0) is 12.7. The van der Waals surface area contributed by atoms with Gasteiger partial charge < -0.3 is 0 Å². The molecule has 1 rings (SSSR count). The van der Waals surface area contributed by atoms with Crippen molar-refractivity contribution < 1.29 is 9.59 Å². The van der Waals surface area contributed by atoms with Crippen LogP contribution in [0, 0.1) is 33.1 Å². The van der Waals surface area contributed by atoms with Gasteiger partial charge in [0.05, 0.1) is 5.69 Å². The average Bonchev–Trinajstić information content (AvgIpc) is 2.23. The van der Waals surface area contributed by atoms with Crippen LogP contribution in [0.3, 0.4) is 0 Å². The van der Waals surface area contributed by atoms with E-state index in [1.807, 2.05) is 27.7 Å². The molecule has 0 saturated carbocycles. The van der Waals surface area contributed by atoms with Crippen LogP contribution in [-0.2, 0) is 9.59 Å². The molecule has 0 heterocycles. The fraction of sp³-hybridized carbons (Fsp3) is 0.333. The maximum Gasteiger partial charge on any atom is 0.240 e. The van der Waals surface area contributed by atoms with Gasteiger partial charge in [-0.25, -0.2) is 15.0 Å². The molecular weight excluding hydrogens is 204 g/mol. The van der Waals surface area contributed by atoms with Crippen LogP contribution in [0.1, 0.15) is 22.3 Å². The minimum atomic E-state index is 0.750. The maximum absolute atomic E-state index is 10.2. The molecule has 0 aliphatic rings. The lowest BCUT2D eigenvalue weighted by Crippen LogP contribution is -1.89. The van der Waals surface area contributed by atoms with Crippen molar-refractivity contribution in [3.63, 3.8) is 0 Å². The number of nitrogens with one attached hydrogen (secondary N) is 1. The first-order valence-electron chi connectivity index (χ1n) is 4.68. The SMILES string of the molecule is Cc1cc(C)c(C)c(N=C=O)c1C.N=C=O. The van der Waals surface area contributed by atoms with E-state index < -0.39 is 0 Å². The summed E-state index contributed by atoms with van der Waals surface area (Å²) in [4.78, 5) is 22.3. The highest BCUT2D eigenvalue weighted by molar-refractivity contribution is 5.62. The van der Waals surface area contributed by atoms with E-state index in [-0.39, 0.29) is 0 Å². The van der Waals surface area contributed by atoms with E-state index in [0.717, 1.165) is 34.0 Å². The second-order valence-corrected chi connectivity index (χ2v) is 3.41. The molecule has 0 unspecified atom stereocenters. The van der Waals surface area contributed by atoms with Crippen molar-refractivity contribution in [1.82, 2.24) is 0 Å². The Labute approximate surface area is 94.5 Å². The standard InChI is InChI=1S/C11H13NO.CHNO/c1-7-5-8(2)10(4)11(9(7)3)12-6-13;2-1-3/h5H,1-4H3;2H. The van der Waals surface area contributed by atoms with Crippen LogP contribution < -0.4 is 0 Å². The molecule has 16 heavy (non-hydrogen) atoms. The van der Waals surface area contributed by atoms with Crippen LogP contribution >= 0.6 is 0 Å². The van der Waals surface area contributed by atoms with Gasteiger partial charge in [-0.05, 0) is 49.9 Å². The lowest BCUT2D eigenvalue weighted by molar-refractivity contribution is 0.562. The van der Waals surface area contributed by atoms with Gasteiger partial charge in [-0.2, -0.15) is 4.99 Å². The monoisotopic (exact) mass is 218 g/mol. The highest BCUT2D eigenvalue weighted by Crippen LogP contribution is 2.28. The third-order valence-electron chi connectivity index (χ3n) is 2.48. The zero-order valence-electron chi connectivity index (χ0n) is 9.84. The van der Waals surface area contributed by atoms with E-state index in [1.54, 1.807) is 6.08 Å². The predicted molar refractivity (Wildman–Crippen MR) is 61.6 cm³/mol. The van der Waals surface area contributed by atoms with Gasteiger partial charge in [0.2, 0.25) is 12.2 Å². The van der Waals surface area contributed by atoms with Crippen molar-refractivity contribution in [2.24, 2.45) is 4.99 Å². The highest BCUT2D eigenvalue weighted by atomic mass is 16.1. The number of isocyanates is 2. The van der Waals surface area contributed by atoms with Gasteiger partial charge in [0.15, 0.2) is 0 Å². The molecule has 0 atom stereocenters. The van der Waals surface area contributed by atoms with E-state index in [9.17, 15) is 4.79 Å². The number of aliphatic imine (C=N–C) groups is 1. The molecule has 0 saturated heterocycles. The summed E-state index contributed by atoms with van der Waals surface area (Å²) in [6.45, 7) is 7.98. The lowest BCUT2D eigenvalue weighted by atomic mass is 9.99. The van der Waals surface area contributed by atoms with E-state index >= 15 is 0 Å². The molecule has 4 heteroatoms. The van der Waals surface area contributed by atoms with E-state index in [2.05, 4.69) is 11.1 Å². The molecule has 0 aliphatic carbocycles. The van der Waals surface area contributed by atoms with Gasteiger partial charge in [-0.3, -0.25) is 0 Å². The minimum absolute atomic E-state index is 0.750. The molecule has 1 aromatic carbocycles. The number of aryl methyl sites for hydroxylation is 2. The van der Waals surface area contributed by atoms with Crippen LogP contribution in [0.4, 0.5) is 5.69 Å². The fourth-order valence-electron chi connectivity index (χ4n) is 1.41. The summed E-state index contributed by atoms with van der Waals surface area (Å²) >= 11 is 0. The lowest BCUT2D eigenvalue weighted by Gasteiger charge is -2.09. The Bertz CT molecular complexity index is 440. The van der Waals surface area contributed by atoms with Crippen molar-refractivity contribution in [3.8, 4) is 0 Å². The van der Waals surface area contributed by atoms with Gasteiger partial charge in [-0.15, -0.1) is 0 Å². The van der Waals surface area contributed by atoms with Crippen LogP contribution in [0.15, 0.2) is 11.1 Å². The van der Waals surface area contributed by atoms with E-state index in [1.165, 1.54) is 0 Å². The number of carbonyl (C=O) groups excluding carboxylic acids is 2. The molecule has 0 fully saturated rings. The molecule has 0 spiro atoms. The van der Waals surface area contributed by atoms with Gasteiger partial charge in [-0.1, -0.05) is 6.07 Å². The molecular formula is C12H14N2O2. The summed E-state index contributed by atoms with van der Waals surface area (Å²) in [6, 6.07) is 2.11. The largest absolute Gasteiger partial charge is 0.240 e. The summed E-state index contributed by atoms with van der Waals surface area (Å²) < 4.78 is 0. The number of hydrogen-bond donors (Lipinski definition) is 1. The van der Waals surface area contributed by atoms with Crippen molar-refractivity contribution >= 4 is 17.8 Å². The first-order chi connectivity index (χ1) is 7.49. The third kappa shape index (κ3) is 3.28. The second-order valence-electron chi connectivity index (χ2n) is 3.41. The second kappa shape index (κ2) is 6.46. The van der Waals surface area contributed by atoms with Crippen LogP contribution in [-0.4, -0.2) is 12.2 Å². The Kier molecular flexibility index (Phi) is 5.65. The Morgan fingerprint density at radius 3 is 1.75 bits per heavy atom. The Hall–Kier alpha value is -2.02. The molecule has 0 radical (unpaired) electrons. The normalized spacial score (nSPS) is 8.25. The first-order valence-corrected chi connectivity index (χ1v) is 4.68. The van der Waals surface area contributed by atoms with E-state index in [0.29, 0.717) is 0 Å². The summed E-state index contributed by atoms with van der Waals surface area (Å²) in [6.07, 6.45) is 2.35. The van der Waals surface area contributed by atoms with Crippen molar-refractivity contribution in [2.45, 2.75) is 27.7 Å². The number of nitrogens with zero attached hydrogens (tertiary/aromatic N) is 1. The quantitative estimate of drug-likeness (QED) is 0.581. The van der Waals surface area contributed by atoms with Gasteiger partial charge >= 0.3 is 0 Å². The molecule has 1 aromatic rings. The van der Waals surface area contributed by atoms with Crippen LogP contribution in [0.25, 0.3) is 0 Å². The van der Waals surface area contributed by atoms with Gasteiger partial charge in [0.25, 0.3) is 0 Å². The topological polar surface area (TPSA) is 70.3 Å². The molecule has 84 valence electrons. The predicted octanol–water partition coefficient (Wildman–Crippen LogP) is 2.79. The Balaban J connectivity index is 0.000000673. The van der Waals surface area contributed by atoms with Crippen molar-refractivity contribution in [2.75, 3.05) is 0 Å². The third-order valence-corrected chi connectivity index (χ3v) is 2.48. The molecule has 0 bridgehead atoms. The molecule has 4 nitrogen and oxygen atoms in total. The average molecular weight is 218 g/mol. The molecule has 1 N–H and O–H groups in total. The van der Waals surface area contributed by atoms with Gasteiger partial charge in [0, 0.05) is 0 Å². The number of hydrogen-bond acceptors (Lipinski definition) is 4. The number of benzene rings is 1. The molecule has 0 aromatic heterocycles. The maximum atomic E-state index is 10.2. The smallest absolute Gasteiger partial charge is 0.222 e. The highest BCUT2D eigenvalue weighted by Gasteiger charge is 2.06. The first kappa shape index (κ1) is 14.0. The van der Waals surface area contributed by atoms with E-state index in [4.69, 9.17) is 10.2 Å². The van der Waals surface area contributed by atoms with Crippen LogP contribution in [0.2, 0.25) is 0 Å². The van der Waals surface area contributed by atoms with Crippen molar-refractivity contribution in [3.05, 3.63) is 28.3 Å². The zero-order valence-corrected chi connectivity index (χ0v) is 9.84. The molecule has 0 amide bonds. The fourth-order valence-corrected chi connectivity index (χ4v) is 1.41. The number of rotatable bonds is 1. The van der Waals surface area contributed by atoms with Crippen LogP contribution in [0.5, 0.6) is 0 Å². The van der Waals surface area contributed by atoms with Crippen molar-refractivity contribution in [1.29, 1.82) is 5.41 Å². The Morgan fingerprint density at radius 1 is 1.06 bits per heavy atom. The summed E-state index contributed by atoms with van der Waals surface area (Å²) in [7, 11) is 0. The summed E-state index contributed by atoms with van der Waals surface area (Å²) in [5.41, 5.74) is 5.22. The van der Waals surface area contributed by atoms with Gasteiger partial charge in [0.1, 0.15) is 0 Å². The summed E-state index contributed by atoms with van der Waals surface area (Å²) in [5, 5.41) is 5.40. The summed E-state index contributed by atoms with van der Waals surface area (Å²) in [5.74, 6) is 0. The molecule has 0 aliphatic heterocycles. The minimum Gasteiger partial charge on any atom is -0.222 e.